The molecule has 0 aromatic rings. The van der Waals surface area contributed by atoms with Crippen LogP contribution in [0.2, 0.25) is 0 Å². The molecule has 0 aliphatic heterocycles. The molecule has 3 heteroatoms. The second-order valence-electron chi connectivity index (χ2n) is 6.18. The molecule has 0 bridgehead atoms. The van der Waals surface area contributed by atoms with Crippen LogP contribution in [0.15, 0.2) is 0 Å². The van der Waals surface area contributed by atoms with Gasteiger partial charge >= 0.3 is 0 Å². The van der Waals surface area contributed by atoms with Gasteiger partial charge in [-0.3, -0.25) is 4.79 Å². The van der Waals surface area contributed by atoms with Gasteiger partial charge in [0.15, 0.2) is 0 Å². The van der Waals surface area contributed by atoms with Gasteiger partial charge in [0.2, 0.25) is 5.91 Å². The van der Waals surface area contributed by atoms with Gasteiger partial charge in [0.1, 0.15) is 0 Å². The minimum atomic E-state index is 0.0225. The standard InChI is InChI=1S/C14H28N2O/c1-10(2)7-12(8-15)14(17)16(9-11(3)4)13-5-6-13/h10-13H,5-9,15H2,1-4H3. The Balaban J connectivity index is 2.61. The number of hydrogen-bond donors (Lipinski definition) is 1. The highest BCUT2D eigenvalue weighted by atomic mass is 16.2. The maximum absolute atomic E-state index is 12.5. The van der Waals surface area contributed by atoms with E-state index in [1.165, 1.54) is 12.8 Å². The van der Waals surface area contributed by atoms with E-state index < -0.39 is 0 Å². The van der Waals surface area contributed by atoms with E-state index in [0.29, 0.717) is 24.4 Å². The summed E-state index contributed by atoms with van der Waals surface area (Å²) in [6, 6.07) is 0.506. The molecule has 100 valence electrons. The molecule has 1 rings (SSSR count). The first-order valence-electron chi connectivity index (χ1n) is 6.96. The molecular formula is C14H28N2O. The average molecular weight is 240 g/mol. The van der Waals surface area contributed by atoms with Gasteiger partial charge in [-0.2, -0.15) is 0 Å². The van der Waals surface area contributed by atoms with E-state index in [0.717, 1.165) is 13.0 Å². The molecule has 0 aromatic carbocycles. The molecule has 0 radical (unpaired) electrons. The number of hydrogen-bond acceptors (Lipinski definition) is 2. The third-order valence-corrected chi connectivity index (χ3v) is 3.22. The van der Waals surface area contributed by atoms with Crippen LogP contribution in [0.1, 0.15) is 47.0 Å². The Bertz CT molecular complexity index is 247. The highest BCUT2D eigenvalue weighted by Crippen LogP contribution is 2.29. The zero-order valence-corrected chi connectivity index (χ0v) is 11.8. The Morgan fingerprint density at radius 3 is 2.18 bits per heavy atom. The molecule has 3 nitrogen and oxygen atoms in total. The highest BCUT2D eigenvalue weighted by Gasteiger charge is 2.35. The number of amides is 1. The van der Waals surface area contributed by atoms with Gasteiger partial charge in [0.05, 0.1) is 5.92 Å². The third-order valence-electron chi connectivity index (χ3n) is 3.22. The predicted octanol–water partition coefficient (Wildman–Crippen LogP) is 2.25. The fourth-order valence-corrected chi connectivity index (χ4v) is 2.30. The normalized spacial score (nSPS) is 17.6. The third kappa shape index (κ3) is 4.66. The zero-order chi connectivity index (χ0) is 13.0. The number of nitrogens with two attached hydrogens (primary N) is 1. The van der Waals surface area contributed by atoms with Crippen LogP contribution in [0.3, 0.4) is 0 Å². The monoisotopic (exact) mass is 240 g/mol. The van der Waals surface area contributed by atoms with E-state index in [4.69, 9.17) is 5.73 Å². The first kappa shape index (κ1) is 14.5. The maximum Gasteiger partial charge on any atom is 0.227 e. The molecule has 1 unspecified atom stereocenters. The first-order valence-corrected chi connectivity index (χ1v) is 6.96. The van der Waals surface area contributed by atoms with Crippen molar-refractivity contribution >= 4 is 5.91 Å². The number of nitrogens with zero attached hydrogens (tertiary/aromatic N) is 1. The van der Waals surface area contributed by atoms with Gasteiger partial charge < -0.3 is 10.6 Å². The zero-order valence-electron chi connectivity index (χ0n) is 11.8. The summed E-state index contributed by atoms with van der Waals surface area (Å²) in [5.74, 6) is 1.39. The van der Waals surface area contributed by atoms with Crippen LogP contribution in [0.4, 0.5) is 0 Å². The maximum atomic E-state index is 12.5. The van der Waals surface area contributed by atoms with Crippen LogP contribution < -0.4 is 5.73 Å². The van der Waals surface area contributed by atoms with Crippen LogP contribution in [0.25, 0.3) is 0 Å². The van der Waals surface area contributed by atoms with Gasteiger partial charge in [0.25, 0.3) is 0 Å². The summed E-state index contributed by atoms with van der Waals surface area (Å²) >= 11 is 0. The number of carbonyl (C=O) groups is 1. The molecule has 1 amide bonds. The van der Waals surface area contributed by atoms with Crippen molar-refractivity contribution in [1.82, 2.24) is 4.90 Å². The molecule has 0 heterocycles. The van der Waals surface area contributed by atoms with Crippen molar-refractivity contribution in [2.24, 2.45) is 23.5 Å². The SMILES string of the molecule is CC(C)CC(CN)C(=O)N(CC(C)C)C1CC1. The Kier molecular flexibility index (Phi) is 5.44. The van der Waals surface area contributed by atoms with Crippen molar-refractivity contribution in [2.75, 3.05) is 13.1 Å². The fourth-order valence-electron chi connectivity index (χ4n) is 2.30. The van der Waals surface area contributed by atoms with E-state index in [-0.39, 0.29) is 11.8 Å². The van der Waals surface area contributed by atoms with Gasteiger partial charge in [-0.15, -0.1) is 0 Å². The van der Waals surface area contributed by atoms with Gasteiger partial charge in [-0.1, -0.05) is 27.7 Å². The Hall–Kier alpha value is -0.570. The lowest BCUT2D eigenvalue weighted by molar-refractivity contribution is -0.136. The van der Waals surface area contributed by atoms with Crippen LogP contribution in [-0.4, -0.2) is 29.9 Å². The molecule has 0 aromatic heterocycles. The molecule has 0 spiro atoms. The molecule has 2 N–H and O–H groups in total. The summed E-state index contributed by atoms with van der Waals surface area (Å²) in [6.45, 7) is 10.0. The summed E-state index contributed by atoms with van der Waals surface area (Å²) in [6.07, 6.45) is 3.27. The number of rotatable bonds is 7. The Morgan fingerprint density at radius 1 is 1.24 bits per heavy atom. The van der Waals surface area contributed by atoms with Gasteiger partial charge in [-0.25, -0.2) is 0 Å². The van der Waals surface area contributed by atoms with Gasteiger partial charge in [0, 0.05) is 19.1 Å². The van der Waals surface area contributed by atoms with E-state index >= 15 is 0 Å². The van der Waals surface area contributed by atoms with Crippen LogP contribution >= 0.6 is 0 Å². The number of carbonyl (C=O) groups excluding carboxylic acids is 1. The molecule has 1 aliphatic carbocycles. The van der Waals surface area contributed by atoms with Crippen molar-refractivity contribution in [2.45, 2.75) is 53.0 Å². The summed E-state index contributed by atoms with van der Waals surface area (Å²) in [5, 5.41) is 0. The van der Waals surface area contributed by atoms with Crippen molar-refractivity contribution in [3.05, 3.63) is 0 Å². The lowest BCUT2D eigenvalue weighted by Crippen LogP contribution is -2.42. The predicted molar refractivity (Wildman–Crippen MR) is 71.6 cm³/mol. The van der Waals surface area contributed by atoms with Crippen molar-refractivity contribution < 1.29 is 4.79 Å². The lowest BCUT2D eigenvalue weighted by Gasteiger charge is -2.29. The Morgan fingerprint density at radius 2 is 1.82 bits per heavy atom. The molecule has 1 saturated carbocycles. The van der Waals surface area contributed by atoms with Crippen LogP contribution in [0.5, 0.6) is 0 Å². The van der Waals surface area contributed by atoms with E-state index in [2.05, 4.69) is 32.6 Å². The van der Waals surface area contributed by atoms with Crippen LogP contribution in [-0.2, 0) is 4.79 Å². The smallest absolute Gasteiger partial charge is 0.227 e. The van der Waals surface area contributed by atoms with Crippen LogP contribution in [0, 0.1) is 17.8 Å². The second kappa shape index (κ2) is 6.39. The van der Waals surface area contributed by atoms with Crippen molar-refractivity contribution in [3.8, 4) is 0 Å². The largest absolute Gasteiger partial charge is 0.339 e. The first-order chi connectivity index (χ1) is 7.95. The summed E-state index contributed by atoms with van der Waals surface area (Å²) in [5.41, 5.74) is 5.76. The molecule has 17 heavy (non-hydrogen) atoms. The summed E-state index contributed by atoms with van der Waals surface area (Å²) in [7, 11) is 0. The topological polar surface area (TPSA) is 46.3 Å². The summed E-state index contributed by atoms with van der Waals surface area (Å²) < 4.78 is 0. The van der Waals surface area contributed by atoms with E-state index in [1.807, 2.05) is 0 Å². The molecule has 1 fully saturated rings. The molecule has 1 aliphatic rings. The lowest BCUT2D eigenvalue weighted by atomic mass is 9.95. The second-order valence-corrected chi connectivity index (χ2v) is 6.18. The minimum absolute atomic E-state index is 0.0225. The minimum Gasteiger partial charge on any atom is -0.339 e. The molecule has 1 atom stereocenters. The fraction of sp³-hybridized carbons (Fsp3) is 0.929. The van der Waals surface area contributed by atoms with Gasteiger partial charge in [-0.05, 0) is 31.1 Å². The van der Waals surface area contributed by atoms with Crippen molar-refractivity contribution in [3.63, 3.8) is 0 Å². The Labute approximate surface area is 106 Å². The van der Waals surface area contributed by atoms with E-state index in [9.17, 15) is 4.79 Å². The van der Waals surface area contributed by atoms with E-state index in [1.54, 1.807) is 0 Å². The average Bonchev–Trinajstić information content (AvgIpc) is 3.04. The molecular weight excluding hydrogens is 212 g/mol. The summed E-state index contributed by atoms with van der Waals surface area (Å²) in [4.78, 5) is 14.6. The highest BCUT2D eigenvalue weighted by molar-refractivity contribution is 5.79. The van der Waals surface area contributed by atoms with Crippen molar-refractivity contribution in [1.29, 1.82) is 0 Å². The molecule has 0 saturated heterocycles. The quantitative estimate of drug-likeness (QED) is 0.742.